The van der Waals surface area contributed by atoms with Gasteiger partial charge in [-0.15, -0.1) is 0 Å². The highest BCUT2D eigenvalue weighted by Crippen LogP contribution is 2.26. The third-order valence-corrected chi connectivity index (χ3v) is 3.60. The van der Waals surface area contributed by atoms with E-state index in [1.165, 1.54) is 12.8 Å². The summed E-state index contributed by atoms with van der Waals surface area (Å²) in [7, 11) is 0. The van der Waals surface area contributed by atoms with Gasteiger partial charge in [-0.05, 0) is 44.5 Å². The minimum atomic E-state index is 0.400. The third kappa shape index (κ3) is 2.52. The SMILES string of the molecule is CC1CCCN1Cc1cc(Br)ccc1O. The van der Waals surface area contributed by atoms with Gasteiger partial charge in [0.2, 0.25) is 0 Å². The predicted octanol–water partition coefficient (Wildman–Crippen LogP) is 3.14. The van der Waals surface area contributed by atoms with E-state index in [0.29, 0.717) is 11.8 Å². The molecular weight excluding hydrogens is 254 g/mol. The summed E-state index contributed by atoms with van der Waals surface area (Å²) in [6, 6.07) is 6.26. The Morgan fingerprint density at radius 3 is 3.00 bits per heavy atom. The molecule has 3 heteroatoms. The fraction of sp³-hybridized carbons (Fsp3) is 0.500. The van der Waals surface area contributed by atoms with Crippen LogP contribution in [0, 0.1) is 0 Å². The van der Waals surface area contributed by atoms with E-state index >= 15 is 0 Å². The van der Waals surface area contributed by atoms with Gasteiger partial charge in [-0.1, -0.05) is 15.9 Å². The maximum Gasteiger partial charge on any atom is 0.120 e. The molecule has 1 aromatic rings. The zero-order chi connectivity index (χ0) is 10.8. The lowest BCUT2D eigenvalue weighted by molar-refractivity contribution is 0.256. The average molecular weight is 270 g/mol. The number of aromatic hydroxyl groups is 1. The molecule has 1 unspecified atom stereocenters. The Hall–Kier alpha value is -0.540. The Balaban J connectivity index is 2.12. The van der Waals surface area contributed by atoms with Crippen LogP contribution in [0.4, 0.5) is 0 Å². The molecule has 0 amide bonds. The quantitative estimate of drug-likeness (QED) is 0.892. The number of hydrogen-bond acceptors (Lipinski definition) is 2. The van der Waals surface area contributed by atoms with Crippen LogP contribution in [0.2, 0.25) is 0 Å². The van der Waals surface area contributed by atoms with E-state index in [9.17, 15) is 5.11 Å². The summed E-state index contributed by atoms with van der Waals surface area (Å²) in [5, 5.41) is 9.73. The summed E-state index contributed by atoms with van der Waals surface area (Å²) in [5.74, 6) is 0.400. The van der Waals surface area contributed by atoms with Crippen molar-refractivity contribution in [3.05, 3.63) is 28.2 Å². The zero-order valence-electron chi connectivity index (χ0n) is 8.91. The Bertz CT molecular complexity index is 353. The largest absolute Gasteiger partial charge is 0.508 e. The van der Waals surface area contributed by atoms with Gasteiger partial charge in [0.05, 0.1) is 0 Å². The maximum atomic E-state index is 9.73. The molecular formula is C12H16BrNO. The fourth-order valence-electron chi connectivity index (χ4n) is 2.13. The standard InChI is InChI=1S/C12H16BrNO/c1-9-3-2-6-14(9)8-10-7-11(13)4-5-12(10)15/h4-5,7,9,15H,2-3,6,8H2,1H3. The molecule has 2 nitrogen and oxygen atoms in total. The molecule has 1 saturated heterocycles. The van der Waals surface area contributed by atoms with Crippen LogP contribution < -0.4 is 0 Å². The zero-order valence-corrected chi connectivity index (χ0v) is 10.5. The van der Waals surface area contributed by atoms with Gasteiger partial charge >= 0.3 is 0 Å². The van der Waals surface area contributed by atoms with Crippen molar-refractivity contribution in [3.63, 3.8) is 0 Å². The molecule has 15 heavy (non-hydrogen) atoms. The number of nitrogens with zero attached hydrogens (tertiary/aromatic N) is 1. The number of hydrogen-bond donors (Lipinski definition) is 1. The minimum absolute atomic E-state index is 0.400. The van der Waals surface area contributed by atoms with Crippen LogP contribution in [-0.2, 0) is 6.54 Å². The molecule has 0 radical (unpaired) electrons. The van der Waals surface area contributed by atoms with Gasteiger partial charge in [-0.3, -0.25) is 4.90 Å². The summed E-state index contributed by atoms with van der Waals surface area (Å²) < 4.78 is 1.03. The topological polar surface area (TPSA) is 23.5 Å². The second-order valence-electron chi connectivity index (χ2n) is 4.23. The van der Waals surface area contributed by atoms with Gasteiger partial charge in [-0.25, -0.2) is 0 Å². The molecule has 0 aromatic heterocycles. The summed E-state index contributed by atoms with van der Waals surface area (Å²) >= 11 is 3.43. The first kappa shape index (κ1) is 11.0. The van der Waals surface area contributed by atoms with Crippen molar-refractivity contribution in [1.29, 1.82) is 0 Å². The summed E-state index contributed by atoms with van der Waals surface area (Å²) in [4.78, 5) is 2.42. The maximum absolute atomic E-state index is 9.73. The molecule has 0 aliphatic carbocycles. The summed E-state index contributed by atoms with van der Waals surface area (Å²) in [6.07, 6.45) is 2.55. The molecule has 0 spiro atoms. The Labute approximate surface area is 99.0 Å². The first-order valence-corrected chi connectivity index (χ1v) is 6.17. The van der Waals surface area contributed by atoms with E-state index in [4.69, 9.17) is 0 Å². The summed E-state index contributed by atoms with van der Waals surface area (Å²) in [5.41, 5.74) is 1.01. The highest BCUT2D eigenvalue weighted by Gasteiger charge is 2.20. The van der Waals surface area contributed by atoms with Gasteiger partial charge in [0.25, 0.3) is 0 Å². The van der Waals surface area contributed by atoms with Crippen LogP contribution in [-0.4, -0.2) is 22.6 Å². The molecule has 82 valence electrons. The molecule has 1 aliphatic heterocycles. The number of rotatable bonds is 2. The van der Waals surface area contributed by atoms with Gasteiger partial charge in [0.15, 0.2) is 0 Å². The smallest absolute Gasteiger partial charge is 0.120 e. The first-order valence-electron chi connectivity index (χ1n) is 5.38. The predicted molar refractivity (Wildman–Crippen MR) is 64.9 cm³/mol. The second kappa shape index (κ2) is 4.54. The van der Waals surface area contributed by atoms with Crippen molar-refractivity contribution in [2.75, 3.05) is 6.54 Å². The van der Waals surface area contributed by atoms with Gasteiger partial charge in [-0.2, -0.15) is 0 Å². The molecule has 1 atom stereocenters. The fourth-order valence-corrected chi connectivity index (χ4v) is 2.54. The van der Waals surface area contributed by atoms with Crippen LogP contribution in [0.3, 0.4) is 0 Å². The van der Waals surface area contributed by atoms with Gasteiger partial charge in [0.1, 0.15) is 5.75 Å². The van der Waals surface area contributed by atoms with E-state index in [2.05, 4.69) is 27.8 Å². The van der Waals surface area contributed by atoms with Gasteiger partial charge in [0, 0.05) is 22.6 Å². The highest BCUT2D eigenvalue weighted by atomic mass is 79.9. The average Bonchev–Trinajstić information content (AvgIpc) is 2.58. The minimum Gasteiger partial charge on any atom is -0.508 e. The molecule has 1 fully saturated rings. The number of likely N-dealkylation sites (tertiary alicyclic amines) is 1. The van der Waals surface area contributed by atoms with Crippen molar-refractivity contribution in [1.82, 2.24) is 4.90 Å². The number of benzene rings is 1. The van der Waals surface area contributed by atoms with Crippen molar-refractivity contribution >= 4 is 15.9 Å². The lowest BCUT2D eigenvalue weighted by atomic mass is 10.2. The number of phenolic OH excluding ortho intramolecular Hbond substituents is 1. The van der Waals surface area contributed by atoms with Crippen molar-refractivity contribution in [2.45, 2.75) is 32.4 Å². The number of halogens is 1. The van der Waals surface area contributed by atoms with E-state index in [1.807, 2.05) is 12.1 Å². The van der Waals surface area contributed by atoms with Gasteiger partial charge < -0.3 is 5.11 Å². The van der Waals surface area contributed by atoms with Crippen LogP contribution in [0.25, 0.3) is 0 Å². The first-order chi connectivity index (χ1) is 7.16. The molecule has 0 saturated carbocycles. The Morgan fingerprint density at radius 2 is 2.33 bits per heavy atom. The normalized spacial score (nSPS) is 22.1. The Morgan fingerprint density at radius 1 is 1.53 bits per heavy atom. The molecule has 1 heterocycles. The highest BCUT2D eigenvalue weighted by molar-refractivity contribution is 9.10. The molecule has 1 aromatic carbocycles. The Kier molecular flexibility index (Phi) is 3.32. The van der Waals surface area contributed by atoms with Crippen LogP contribution in [0.5, 0.6) is 5.75 Å². The number of phenols is 1. The molecule has 2 rings (SSSR count). The van der Waals surface area contributed by atoms with Crippen molar-refractivity contribution in [3.8, 4) is 5.75 Å². The second-order valence-corrected chi connectivity index (χ2v) is 5.15. The van der Waals surface area contributed by atoms with E-state index in [1.54, 1.807) is 6.07 Å². The molecule has 0 bridgehead atoms. The lowest BCUT2D eigenvalue weighted by Crippen LogP contribution is -2.26. The van der Waals surface area contributed by atoms with Crippen molar-refractivity contribution < 1.29 is 5.11 Å². The van der Waals surface area contributed by atoms with E-state index in [-0.39, 0.29) is 0 Å². The van der Waals surface area contributed by atoms with Crippen LogP contribution in [0.15, 0.2) is 22.7 Å². The summed E-state index contributed by atoms with van der Waals surface area (Å²) in [6.45, 7) is 4.25. The van der Waals surface area contributed by atoms with Crippen LogP contribution >= 0.6 is 15.9 Å². The molecule has 1 N–H and O–H groups in total. The van der Waals surface area contributed by atoms with E-state index in [0.717, 1.165) is 23.1 Å². The molecule has 1 aliphatic rings. The van der Waals surface area contributed by atoms with E-state index < -0.39 is 0 Å². The monoisotopic (exact) mass is 269 g/mol. The third-order valence-electron chi connectivity index (χ3n) is 3.11. The van der Waals surface area contributed by atoms with Crippen molar-refractivity contribution in [2.24, 2.45) is 0 Å². The van der Waals surface area contributed by atoms with Crippen LogP contribution in [0.1, 0.15) is 25.3 Å². The lowest BCUT2D eigenvalue weighted by Gasteiger charge is -2.21.